The summed E-state index contributed by atoms with van der Waals surface area (Å²) >= 11 is 0. The smallest absolute Gasteiger partial charge is 0.135 e. The summed E-state index contributed by atoms with van der Waals surface area (Å²) in [4.78, 5) is 9.69. The maximum absolute atomic E-state index is 7.20. The van der Waals surface area contributed by atoms with Crippen molar-refractivity contribution < 1.29 is 25.8 Å². The van der Waals surface area contributed by atoms with Crippen LogP contribution in [0.5, 0.6) is 11.5 Å². The van der Waals surface area contributed by atoms with E-state index in [1.54, 1.807) is 0 Å². The van der Waals surface area contributed by atoms with Crippen molar-refractivity contribution in [2.24, 2.45) is 0 Å². The van der Waals surface area contributed by atoms with E-state index in [1.165, 1.54) is 50.1 Å². The van der Waals surface area contributed by atoms with Crippen molar-refractivity contribution in [1.29, 1.82) is 0 Å². The minimum Gasteiger partial charge on any atom is -0.509 e. The first-order valence-electron chi connectivity index (χ1n) is 28.2. The standard InChI is InChI=1S/C74H75N4O.Pt/c1-48(2)61-28-23-29-62(49(3)4)70(61)50-38-57(76-47-77(67-31-22-21-30-66(67)76)58-41-55(72(8,9)10)40-56(42-58)74(13,14)52-26-19-16-20-27-52)45-60(39-50)79-59-33-34-63-64-43-54(73(11,12)51-24-17-15-18-25-51)32-35-65(64)78(68(63)46-59)69-44-53(36-37-75-69)71(5,6)7;/h15-44,47-49H,1-14H3;/q-3;. The predicted octanol–water partition coefficient (Wildman–Crippen LogP) is 20.1. The van der Waals surface area contributed by atoms with Crippen LogP contribution in [0.25, 0.3) is 38.8 Å². The maximum Gasteiger partial charge on any atom is 0.135 e. The molecule has 0 fully saturated rings. The number of fused-ring (bicyclic) bond motifs is 4. The summed E-state index contributed by atoms with van der Waals surface area (Å²) in [6.45, 7) is 34.4. The molecule has 1 aliphatic heterocycles. The molecule has 6 heteroatoms. The Labute approximate surface area is 491 Å². The summed E-state index contributed by atoms with van der Waals surface area (Å²) in [5.41, 5.74) is 17.9. The molecule has 410 valence electrons. The van der Waals surface area contributed by atoms with Gasteiger partial charge in [0.05, 0.1) is 0 Å². The quantitative estimate of drug-likeness (QED) is 0.114. The molecule has 0 radical (unpaired) electrons. The van der Waals surface area contributed by atoms with Gasteiger partial charge in [-0.15, -0.1) is 53.6 Å². The molecule has 11 rings (SSSR count). The molecule has 0 saturated heterocycles. The van der Waals surface area contributed by atoms with Crippen molar-refractivity contribution >= 4 is 44.6 Å². The van der Waals surface area contributed by atoms with Gasteiger partial charge in [0.15, 0.2) is 0 Å². The Morgan fingerprint density at radius 2 is 1.06 bits per heavy atom. The third-order valence-corrected chi connectivity index (χ3v) is 16.6. The molecule has 8 aromatic carbocycles. The van der Waals surface area contributed by atoms with Crippen LogP contribution >= 0.6 is 0 Å². The number of hydrogen-bond donors (Lipinski definition) is 0. The average Bonchev–Trinajstić information content (AvgIpc) is 4.22. The molecule has 2 aromatic heterocycles. The molecule has 10 aromatic rings. The molecule has 0 bridgehead atoms. The zero-order valence-corrected chi connectivity index (χ0v) is 51.3. The molecule has 1 aliphatic rings. The average molecular weight is 1230 g/mol. The van der Waals surface area contributed by atoms with Crippen LogP contribution in [-0.4, -0.2) is 9.55 Å². The minimum atomic E-state index is -0.244. The molecule has 3 heterocycles. The number of aromatic nitrogens is 2. The fraction of sp³-hybridized carbons (Fsp3) is 0.270. The fourth-order valence-electron chi connectivity index (χ4n) is 11.6. The van der Waals surface area contributed by atoms with Gasteiger partial charge in [0, 0.05) is 72.2 Å². The van der Waals surface area contributed by atoms with E-state index in [0.29, 0.717) is 11.5 Å². The first kappa shape index (κ1) is 56.1. The van der Waals surface area contributed by atoms with E-state index in [9.17, 15) is 0 Å². The zero-order valence-electron chi connectivity index (χ0n) is 49.1. The second-order valence-corrected chi connectivity index (χ2v) is 25.5. The molecule has 0 atom stereocenters. The van der Waals surface area contributed by atoms with Crippen molar-refractivity contribution in [2.75, 3.05) is 9.80 Å². The SMILES string of the molecule is CC(C)c1cccc(C(C)C)c1-c1cc(Oc2[c-]c3c(cc2)c2cc(C(C)(C)c4ccccc4)ccc2n3-c2cc(C(C)(C)C)ccn2)[c-]c(N2[CH-]N(c3cc(C(C)(C)C)cc(C(C)(C)c4ccccc4)c3)c3ccccc32)c1.[Pt]. The van der Waals surface area contributed by atoms with Gasteiger partial charge in [0.2, 0.25) is 0 Å². The van der Waals surface area contributed by atoms with E-state index in [2.05, 4.69) is 306 Å². The molecule has 0 amide bonds. The van der Waals surface area contributed by atoms with Crippen LogP contribution in [-0.2, 0) is 42.7 Å². The Kier molecular flexibility index (Phi) is 15.0. The molecular weight excluding hydrogens is 1160 g/mol. The number of benzene rings is 8. The molecule has 0 unspecified atom stereocenters. The number of para-hydroxylation sites is 2. The van der Waals surface area contributed by atoms with Crippen molar-refractivity contribution in [1.82, 2.24) is 9.55 Å². The fourth-order valence-corrected chi connectivity index (χ4v) is 11.6. The summed E-state index contributed by atoms with van der Waals surface area (Å²) in [7, 11) is 0. The Morgan fingerprint density at radius 3 is 1.68 bits per heavy atom. The second-order valence-electron chi connectivity index (χ2n) is 25.5. The summed E-state index contributed by atoms with van der Waals surface area (Å²) in [5, 5.41) is 2.22. The number of ether oxygens (including phenoxy) is 1. The van der Waals surface area contributed by atoms with E-state index < -0.39 is 0 Å². The Bertz CT molecular complexity index is 3860. The molecule has 0 saturated carbocycles. The van der Waals surface area contributed by atoms with Gasteiger partial charge in [0.25, 0.3) is 0 Å². The summed E-state index contributed by atoms with van der Waals surface area (Å²) < 4.78 is 9.46. The topological polar surface area (TPSA) is 33.5 Å². The van der Waals surface area contributed by atoms with Crippen LogP contribution in [0.15, 0.2) is 182 Å². The van der Waals surface area contributed by atoms with Crippen molar-refractivity contribution in [2.45, 2.75) is 130 Å². The van der Waals surface area contributed by atoms with Gasteiger partial charge < -0.3 is 19.1 Å². The molecule has 0 aliphatic carbocycles. The van der Waals surface area contributed by atoms with Crippen LogP contribution in [0.2, 0.25) is 0 Å². The summed E-state index contributed by atoms with van der Waals surface area (Å²) in [6.07, 6.45) is 1.93. The van der Waals surface area contributed by atoms with E-state index in [4.69, 9.17) is 9.72 Å². The molecule has 0 N–H and O–H groups in total. The second kappa shape index (κ2) is 21.4. The van der Waals surface area contributed by atoms with Crippen LogP contribution in [0.3, 0.4) is 0 Å². The van der Waals surface area contributed by atoms with Crippen molar-refractivity contribution in [3.63, 3.8) is 0 Å². The molecule has 5 nitrogen and oxygen atoms in total. The van der Waals surface area contributed by atoms with Gasteiger partial charge in [-0.1, -0.05) is 212 Å². The third kappa shape index (κ3) is 10.4. The third-order valence-electron chi connectivity index (χ3n) is 16.6. The normalized spacial score (nSPS) is 13.2. The summed E-state index contributed by atoms with van der Waals surface area (Å²) in [6, 6.07) is 72.0. The van der Waals surface area contributed by atoms with Crippen molar-refractivity contribution in [3.8, 4) is 28.4 Å². The monoisotopic (exact) mass is 1230 g/mol. The van der Waals surface area contributed by atoms with Gasteiger partial charge >= 0.3 is 0 Å². The Morgan fingerprint density at radius 1 is 0.475 bits per heavy atom. The van der Waals surface area contributed by atoms with Crippen LogP contribution in [0, 0.1) is 18.8 Å². The van der Waals surface area contributed by atoms with E-state index in [0.717, 1.165) is 55.9 Å². The van der Waals surface area contributed by atoms with Crippen LogP contribution in [0.1, 0.15) is 153 Å². The number of nitrogens with zero attached hydrogens (tertiary/aromatic N) is 4. The Hall–Kier alpha value is -7.20. The number of rotatable bonds is 12. The molecular formula is C74H75N4OPt-3. The van der Waals surface area contributed by atoms with E-state index in [1.807, 2.05) is 6.20 Å². The van der Waals surface area contributed by atoms with Gasteiger partial charge in [-0.05, 0) is 121 Å². The predicted molar refractivity (Wildman–Crippen MR) is 332 cm³/mol. The van der Waals surface area contributed by atoms with Gasteiger partial charge in [0.1, 0.15) is 5.82 Å². The molecule has 0 spiro atoms. The largest absolute Gasteiger partial charge is 0.509 e. The minimum absolute atomic E-state index is 0. The Balaban J connectivity index is 0.00000720. The number of anilines is 4. The summed E-state index contributed by atoms with van der Waals surface area (Å²) in [5.74, 6) is 2.60. The van der Waals surface area contributed by atoms with Gasteiger partial charge in [-0.2, -0.15) is 6.07 Å². The molecule has 80 heavy (non-hydrogen) atoms. The maximum atomic E-state index is 7.20. The van der Waals surface area contributed by atoms with E-state index >= 15 is 0 Å². The van der Waals surface area contributed by atoms with Gasteiger partial charge in [-0.3, -0.25) is 0 Å². The van der Waals surface area contributed by atoms with Crippen LogP contribution < -0.4 is 14.5 Å². The van der Waals surface area contributed by atoms with Crippen LogP contribution in [0.4, 0.5) is 22.7 Å². The first-order valence-corrected chi connectivity index (χ1v) is 28.2. The first-order chi connectivity index (χ1) is 37.6. The van der Waals surface area contributed by atoms with E-state index in [-0.39, 0.29) is 54.6 Å². The zero-order chi connectivity index (χ0) is 55.8. The number of pyridine rings is 1. The number of hydrogen-bond acceptors (Lipinski definition) is 4. The van der Waals surface area contributed by atoms with Gasteiger partial charge in [-0.25, -0.2) is 4.98 Å². The van der Waals surface area contributed by atoms with Crippen molar-refractivity contribution in [3.05, 3.63) is 245 Å².